The van der Waals surface area contributed by atoms with Gasteiger partial charge in [-0.1, -0.05) is 20.8 Å². The van der Waals surface area contributed by atoms with Crippen molar-refractivity contribution in [1.82, 2.24) is 5.32 Å². The molecule has 0 bridgehead atoms. The van der Waals surface area contributed by atoms with Gasteiger partial charge in [-0.05, 0) is 50.1 Å². The fourth-order valence-corrected chi connectivity index (χ4v) is 2.56. The van der Waals surface area contributed by atoms with Crippen LogP contribution in [0.25, 0.3) is 0 Å². The first kappa shape index (κ1) is 13.0. The first-order valence-electron chi connectivity index (χ1n) is 6.37. The van der Waals surface area contributed by atoms with Gasteiger partial charge in [-0.15, -0.1) is 0 Å². The van der Waals surface area contributed by atoms with E-state index in [0.29, 0.717) is 5.41 Å². The van der Waals surface area contributed by atoms with E-state index in [2.05, 4.69) is 33.0 Å². The van der Waals surface area contributed by atoms with Crippen molar-refractivity contribution in [3.05, 3.63) is 0 Å². The van der Waals surface area contributed by atoms with Crippen molar-refractivity contribution in [2.24, 2.45) is 17.3 Å². The van der Waals surface area contributed by atoms with E-state index in [-0.39, 0.29) is 0 Å². The molecule has 0 aromatic rings. The average molecular weight is 213 g/mol. The van der Waals surface area contributed by atoms with Gasteiger partial charge in [0.05, 0.1) is 6.61 Å². The molecule has 0 spiro atoms. The van der Waals surface area contributed by atoms with E-state index in [1.54, 1.807) is 0 Å². The molecule has 0 radical (unpaired) electrons. The van der Waals surface area contributed by atoms with E-state index in [4.69, 9.17) is 4.74 Å². The fourth-order valence-electron chi connectivity index (χ4n) is 2.56. The SMILES string of the molecule is CCOCC1(C)CCNCC1CC(C)C. The number of nitrogens with one attached hydrogen (secondary N) is 1. The summed E-state index contributed by atoms with van der Waals surface area (Å²) in [7, 11) is 0. The maximum Gasteiger partial charge on any atom is 0.0523 e. The predicted molar refractivity (Wildman–Crippen MR) is 65.0 cm³/mol. The van der Waals surface area contributed by atoms with E-state index in [1.165, 1.54) is 19.4 Å². The summed E-state index contributed by atoms with van der Waals surface area (Å²) in [6.07, 6.45) is 2.57. The molecule has 1 rings (SSSR count). The van der Waals surface area contributed by atoms with Gasteiger partial charge in [-0.25, -0.2) is 0 Å². The third-order valence-electron chi connectivity index (χ3n) is 3.64. The van der Waals surface area contributed by atoms with Crippen LogP contribution in [0.5, 0.6) is 0 Å². The predicted octanol–water partition coefficient (Wildman–Crippen LogP) is 2.68. The zero-order valence-electron chi connectivity index (χ0n) is 10.8. The second-order valence-corrected chi connectivity index (χ2v) is 5.57. The van der Waals surface area contributed by atoms with Crippen molar-refractivity contribution in [2.45, 2.75) is 40.5 Å². The number of ether oxygens (including phenoxy) is 1. The Hall–Kier alpha value is -0.0800. The van der Waals surface area contributed by atoms with Gasteiger partial charge in [0, 0.05) is 6.61 Å². The van der Waals surface area contributed by atoms with Crippen LogP contribution < -0.4 is 5.32 Å². The van der Waals surface area contributed by atoms with Gasteiger partial charge >= 0.3 is 0 Å². The Morgan fingerprint density at radius 2 is 2.20 bits per heavy atom. The van der Waals surface area contributed by atoms with Gasteiger partial charge in [-0.3, -0.25) is 0 Å². The average Bonchev–Trinajstić information content (AvgIpc) is 2.18. The highest BCUT2D eigenvalue weighted by molar-refractivity contribution is 4.88. The van der Waals surface area contributed by atoms with E-state index < -0.39 is 0 Å². The third-order valence-corrected chi connectivity index (χ3v) is 3.64. The highest BCUT2D eigenvalue weighted by Crippen LogP contribution is 2.37. The normalized spacial score (nSPS) is 32.2. The van der Waals surface area contributed by atoms with Gasteiger partial charge in [-0.2, -0.15) is 0 Å². The molecule has 0 aliphatic carbocycles. The summed E-state index contributed by atoms with van der Waals surface area (Å²) in [4.78, 5) is 0. The Bertz CT molecular complexity index is 181. The molecule has 15 heavy (non-hydrogen) atoms. The van der Waals surface area contributed by atoms with Crippen molar-refractivity contribution in [1.29, 1.82) is 0 Å². The van der Waals surface area contributed by atoms with Gasteiger partial charge in [0.2, 0.25) is 0 Å². The molecule has 2 atom stereocenters. The zero-order chi connectivity index (χ0) is 11.3. The lowest BCUT2D eigenvalue weighted by molar-refractivity contribution is -0.00235. The second kappa shape index (κ2) is 5.86. The monoisotopic (exact) mass is 213 g/mol. The van der Waals surface area contributed by atoms with E-state index in [9.17, 15) is 0 Å². The summed E-state index contributed by atoms with van der Waals surface area (Å²) < 4.78 is 5.66. The van der Waals surface area contributed by atoms with Gasteiger partial charge in [0.25, 0.3) is 0 Å². The Labute approximate surface area is 94.8 Å². The number of rotatable bonds is 5. The van der Waals surface area contributed by atoms with Crippen molar-refractivity contribution in [2.75, 3.05) is 26.3 Å². The Morgan fingerprint density at radius 3 is 2.80 bits per heavy atom. The molecule has 0 saturated carbocycles. The lowest BCUT2D eigenvalue weighted by Gasteiger charge is -2.42. The van der Waals surface area contributed by atoms with E-state index in [0.717, 1.165) is 31.6 Å². The van der Waals surface area contributed by atoms with E-state index in [1.807, 2.05) is 0 Å². The molecule has 0 aromatic heterocycles. The quantitative estimate of drug-likeness (QED) is 0.758. The summed E-state index contributed by atoms with van der Waals surface area (Å²) in [5.74, 6) is 1.56. The van der Waals surface area contributed by atoms with Crippen molar-refractivity contribution in [3.63, 3.8) is 0 Å². The smallest absolute Gasteiger partial charge is 0.0523 e. The van der Waals surface area contributed by atoms with Gasteiger partial charge in [0.15, 0.2) is 0 Å². The lowest BCUT2D eigenvalue weighted by Crippen LogP contribution is -2.46. The molecule has 1 aliphatic rings. The number of piperidine rings is 1. The van der Waals surface area contributed by atoms with Gasteiger partial charge < -0.3 is 10.1 Å². The van der Waals surface area contributed by atoms with Crippen LogP contribution in [0.3, 0.4) is 0 Å². The molecular formula is C13H27NO. The largest absolute Gasteiger partial charge is 0.381 e. The number of hydrogen-bond acceptors (Lipinski definition) is 2. The summed E-state index contributed by atoms with van der Waals surface area (Å²) >= 11 is 0. The molecule has 1 heterocycles. The first-order chi connectivity index (χ1) is 7.08. The molecule has 2 unspecified atom stereocenters. The molecule has 0 aromatic carbocycles. The Kier molecular flexibility index (Phi) is 5.07. The molecule has 0 amide bonds. The van der Waals surface area contributed by atoms with Gasteiger partial charge in [0.1, 0.15) is 0 Å². The van der Waals surface area contributed by atoms with Crippen LogP contribution in [-0.2, 0) is 4.74 Å². The van der Waals surface area contributed by atoms with Crippen molar-refractivity contribution >= 4 is 0 Å². The highest BCUT2D eigenvalue weighted by Gasteiger charge is 2.36. The summed E-state index contributed by atoms with van der Waals surface area (Å²) in [5.41, 5.74) is 0.394. The molecule has 1 saturated heterocycles. The maximum atomic E-state index is 5.66. The molecule has 1 N–H and O–H groups in total. The fraction of sp³-hybridized carbons (Fsp3) is 1.00. The third kappa shape index (κ3) is 3.76. The Morgan fingerprint density at radius 1 is 1.47 bits per heavy atom. The maximum absolute atomic E-state index is 5.66. The zero-order valence-corrected chi connectivity index (χ0v) is 10.8. The Balaban J connectivity index is 2.54. The van der Waals surface area contributed by atoms with Crippen LogP contribution in [0.15, 0.2) is 0 Å². The topological polar surface area (TPSA) is 21.3 Å². The van der Waals surface area contributed by atoms with Crippen molar-refractivity contribution in [3.8, 4) is 0 Å². The second-order valence-electron chi connectivity index (χ2n) is 5.57. The molecule has 1 aliphatic heterocycles. The van der Waals surface area contributed by atoms with Crippen LogP contribution in [0.4, 0.5) is 0 Å². The molecule has 2 heteroatoms. The minimum Gasteiger partial charge on any atom is -0.381 e. The lowest BCUT2D eigenvalue weighted by atomic mass is 9.70. The van der Waals surface area contributed by atoms with Crippen LogP contribution in [0.2, 0.25) is 0 Å². The molecule has 90 valence electrons. The van der Waals surface area contributed by atoms with E-state index >= 15 is 0 Å². The van der Waals surface area contributed by atoms with Crippen LogP contribution >= 0.6 is 0 Å². The van der Waals surface area contributed by atoms with Crippen LogP contribution in [0.1, 0.15) is 40.5 Å². The van der Waals surface area contributed by atoms with Crippen LogP contribution in [-0.4, -0.2) is 26.3 Å². The number of hydrogen-bond donors (Lipinski definition) is 1. The summed E-state index contributed by atoms with van der Waals surface area (Å²) in [6, 6.07) is 0. The summed E-state index contributed by atoms with van der Waals surface area (Å²) in [6.45, 7) is 13.2. The molecule has 1 fully saturated rings. The molecule has 2 nitrogen and oxygen atoms in total. The first-order valence-corrected chi connectivity index (χ1v) is 6.37. The minimum absolute atomic E-state index is 0.394. The summed E-state index contributed by atoms with van der Waals surface area (Å²) in [5, 5.41) is 3.52. The standard InChI is InChI=1S/C13H27NO/c1-5-15-10-13(4)6-7-14-9-12(13)8-11(2)3/h11-12,14H,5-10H2,1-4H3. The van der Waals surface area contributed by atoms with Crippen LogP contribution in [0, 0.1) is 17.3 Å². The minimum atomic E-state index is 0.394. The highest BCUT2D eigenvalue weighted by atomic mass is 16.5. The molecular weight excluding hydrogens is 186 g/mol. The van der Waals surface area contributed by atoms with Crippen molar-refractivity contribution < 1.29 is 4.74 Å².